The number of benzene rings is 2. The highest BCUT2D eigenvalue weighted by molar-refractivity contribution is 5.87. The molecule has 1 aliphatic rings. The third-order valence-corrected chi connectivity index (χ3v) is 6.00. The molecule has 0 saturated carbocycles. The van der Waals surface area contributed by atoms with Crippen molar-refractivity contribution in [2.45, 2.75) is 19.6 Å². The molecule has 3 heterocycles. The number of pyridine rings is 1. The van der Waals surface area contributed by atoms with Gasteiger partial charge < -0.3 is 14.2 Å². The normalized spacial score (nSPS) is 13.6. The van der Waals surface area contributed by atoms with Crippen LogP contribution in [0.3, 0.4) is 0 Å². The minimum atomic E-state index is -0.0985. The molecule has 0 radical (unpaired) electrons. The average molecular weight is 436 g/mol. The van der Waals surface area contributed by atoms with Crippen LogP contribution in [-0.4, -0.2) is 27.6 Å². The van der Waals surface area contributed by atoms with Crippen LogP contribution in [0.4, 0.5) is 0 Å². The van der Waals surface area contributed by atoms with Crippen molar-refractivity contribution in [1.82, 2.24) is 14.0 Å². The van der Waals surface area contributed by atoms with Gasteiger partial charge in [-0.15, -0.1) is 12.4 Å². The summed E-state index contributed by atoms with van der Waals surface area (Å²) in [6.45, 7) is 2.49. The van der Waals surface area contributed by atoms with Crippen molar-refractivity contribution >= 4 is 23.3 Å². The number of hydrogen-bond donors (Lipinski definition) is 0. The van der Waals surface area contributed by atoms with E-state index < -0.39 is 0 Å². The largest absolute Gasteiger partial charge is 0.489 e. The molecule has 0 bridgehead atoms. The summed E-state index contributed by atoms with van der Waals surface area (Å²) < 4.78 is 9.75. The summed E-state index contributed by atoms with van der Waals surface area (Å²) in [5, 5.41) is 1.28. The van der Waals surface area contributed by atoms with E-state index in [9.17, 15) is 4.79 Å². The Bertz CT molecular complexity index is 1280. The molecule has 0 atom stereocenters. The zero-order valence-corrected chi connectivity index (χ0v) is 18.6. The van der Waals surface area contributed by atoms with Gasteiger partial charge in [0.15, 0.2) is 0 Å². The Labute approximate surface area is 187 Å². The first-order valence-electron chi connectivity index (χ1n) is 10.3. The Morgan fingerprint density at radius 2 is 1.81 bits per heavy atom. The molecule has 6 heteroatoms. The van der Waals surface area contributed by atoms with Gasteiger partial charge in [-0.05, 0) is 36.4 Å². The van der Waals surface area contributed by atoms with Crippen LogP contribution >= 0.6 is 12.4 Å². The maximum atomic E-state index is 12.8. The number of ether oxygens (including phenoxy) is 1. The van der Waals surface area contributed by atoms with Gasteiger partial charge in [-0.3, -0.25) is 9.36 Å². The molecular formula is C25H26ClN3O2. The number of rotatable bonds is 4. The van der Waals surface area contributed by atoms with Crippen LogP contribution in [0.2, 0.25) is 0 Å². The average Bonchev–Trinajstić information content (AvgIpc) is 3.04. The summed E-state index contributed by atoms with van der Waals surface area (Å²) in [5.74, 6) is 0.582. The van der Waals surface area contributed by atoms with E-state index in [2.05, 4.69) is 35.7 Å². The minimum absolute atomic E-state index is 0. The molecule has 2 aromatic heterocycles. The van der Waals surface area contributed by atoms with Gasteiger partial charge in [0.1, 0.15) is 12.4 Å². The molecule has 5 nitrogen and oxygen atoms in total. The first kappa shape index (κ1) is 21.2. The Hall–Kier alpha value is -3.02. The third-order valence-electron chi connectivity index (χ3n) is 6.00. The SMILES string of the molecule is CN1CCc2c(c3ccc(-n4ccc(OCc5ccccc5)cc4=O)cc3n2C)C1.Cl. The lowest BCUT2D eigenvalue weighted by Gasteiger charge is -2.23. The van der Waals surface area contributed by atoms with Crippen LogP contribution in [0.5, 0.6) is 5.75 Å². The standard InChI is InChI=1S/C25H25N3O2.ClH/c1-26-12-11-23-22(16-26)21-9-8-19(14-24(21)27(23)2)28-13-10-20(15-25(28)29)30-17-18-6-4-3-5-7-18;/h3-10,13-15H,11-12,16-17H2,1-2H3;1H. The molecule has 0 N–H and O–H groups in total. The van der Waals surface area contributed by atoms with Crippen molar-refractivity contribution in [3.05, 3.63) is 94.0 Å². The molecule has 1 aliphatic heterocycles. The fraction of sp³-hybridized carbons (Fsp3) is 0.240. The van der Waals surface area contributed by atoms with Gasteiger partial charge in [-0.1, -0.05) is 36.4 Å². The highest BCUT2D eigenvalue weighted by Gasteiger charge is 2.21. The number of likely N-dealkylation sites (N-methyl/N-ethyl adjacent to an activating group) is 1. The van der Waals surface area contributed by atoms with Crippen LogP contribution in [0.1, 0.15) is 16.8 Å². The quantitative estimate of drug-likeness (QED) is 0.479. The molecule has 2 aromatic carbocycles. The van der Waals surface area contributed by atoms with E-state index in [1.54, 1.807) is 16.8 Å². The lowest BCUT2D eigenvalue weighted by Crippen LogP contribution is -2.26. The first-order chi connectivity index (χ1) is 14.6. The summed E-state index contributed by atoms with van der Waals surface area (Å²) in [4.78, 5) is 15.1. The molecule has 0 saturated heterocycles. The van der Waals surface area contributed by atoms with Gasteiger partial charge in [0.2, 0.25) is 0 Å². The summed E-state index contributed by atoms with van der Waals surface area (Å²) in [6, 6.07) is 19.6. The molecule has 0 amide bonds. The maximum absolute atomic E-state index is 12.8. The predicted octanol–water partition coefficient (Wildman–Crippen LogP) is 4.32. The van der Waals surface area contributed by atoms with E-state index in [4.69, 9.17) is 4.74 Å². The Kier molecular flexibility index (Phi) is 5.90. The molecule has 31 heavy (non-hydrogen) atoms. The number of aryl methyl sites for hydroxylation is 1. The number of nitrogens with zero attached hydrogens (tertiary/aromatic N) is 3. The van der Waals surface area contributed by atoms with E-state index in [1.165, 1.54) is 22.2 Å². The second-order valence-corrected chi connectivity index (χ2v) is 8.02. The number of halogens is 1. The second-order valence-electron chi connectivity index (χ2n) is 8.02. The van der Waals surface area contributed by atoms with E-state index in [-0.39, 0.29) is 18.0 Å². The predicted molar refractivity (Wildman–Crippen MR) is 127 cm³/mol. The molecule has 0 spiro atoms. The number of hydrogen-bond acceptors (Lipinski definition) is 3. The van der Waals surface area contributed by atoms with Crippen LogP contribution in [0.25, 0.3) is 16.6 Å². The monoisotopic (exact) mass is 435 g/mol. The van der Waals surface area contributed by atoms with Gasteiger partial charge in [0, 0.05) is 49.9 Å². The molecular weight excluding hydrogens is 410 g/mol. The van der Waals surface area contributed by atoms with E-state index in [0.29, 0.717) is 12.4 Å². The van der Waals surface area contributed by atoms with E-state index in [1.807, 2.05) is 42.5 Å². The Balaban J connectivity index is 0.00000231. The van der Waals surface area contributed by atoms with Gasteiger partial charge >= 0.3 is 0 Å². The second kappa shape index (κ2) is 8.61. The summed E-state index contributed by atoms with van der Waals surface area (Å²) in [6.07, 6.45) is 2.85. The topological polar surface area (TPSA) is 39.4 Å². The lowest BCUT2D eigenvalue weighted by molar-refractivity contribution is 0.305. The number of fused-ring (bicyclic) bond motifs is 3. The van der Waals surface area contributed by atoms with E-state index >= 15 is 0 Å². The van der Waals surface area contributed by atoms with Crippen LogP contribution < -0.4 is 10.3 Å². The molecule has 160 valence electrons. The fourth-order valence-corrected chi connectivity index (χ4v) is 4.35. The maximum Gasteiger partial charge on any atom is 0.258 e. The minimum Gasteiger partial charge on any atom is -0.489 e. The number of aromatic nitrogens is 2. The zero-order valence-electron chi connectivity index (χ0n) is 17.7. The summed E-state index contributed by atoms with van der Waals surface area (Å²) in [7, 11) is 4.29. The lowest BCUT2D eigenvalue weighted by atomic mass is 10.0. The van der Waals surface area contributed by atoms with Crippen molar-refractivity contribution in [3.63, 3.8) is 0 Å². The van der Waals surface area contributed by atoms with Gasteiger partial charge in [-0.2, -0.15) is 0 Å². The summed E-state index contributed by atoms with van der Waals surface area (Å²) >= 11 is 0. The van der Waals surface area contributed by atoms with Crippen LogP contribution in [0.15, 0.2) is 71.7 Å². The Morgan fingerprint density at radius 3 is 2.58 bits per heavy atom. The first-order valence-corrected chi connectivity index (χ1v) is 10.3. The van der Waals surface area contributed by atoms with Gasteiger partial charge in [-0.25, -0.2) is 0 Å². The van der Waals surface area contributed by atoms with Gasteiger partial charge in [0.25, 0.3) is 5.56 Å². The zero-order chi connectivity index (χ0) is 20.7. The molecule has 4 aromatic rings. The van der Waals surface area contributed by atoms with Crippen molar-refractivity contribution in [3.8, 4) is 11.4 Å². The Morgan fingerprint density at radius 1 is 1.00 bits per heavy atom. The summed E-state index contributed by atoms with van der Waals surface area (Å²) in [5.41, 5.74) is 5.82. The van der Waals surface area contributed by atoms with Crippen LogP contribution in [-0.2, 0) is 26.6 Å². The van der Waals surface area contributed by atoms with Crippen molar-refractivity contribution < 1.29 is 4.74 Å². The molecule has 5 rings (SSSR count). The van der Waals surface area contributed by atoms with Crippen LogP contribution in [0, 0.1) is 0 Å². The van der Waals surface area contributed by atoms with Gasteiger partial charge in [0.05, 0.1) is 11.2 Å². The van der Waals surface area contributed by atoms with Crippen molar-refractivity contribution in [2.24, 2.45) is 7.05 Å². The van der Waals surface area contributed by atoms with E-state index in [0.717, 1.165) is 30.8 Å². The third kappa shape index (κ3) is 3.99. The van der Waals surface area contributed by atoms with Crippen molar-refractivity contribution in [2.75, 3.05) is 13.6 Å². The highest BCUT2D eigenvalue weighted by Crippen LogP contribution is 2.31. The molecule has 0 aliphatic carbocycles. The highest BCUT2D eigenvalue weighted by atomic mass is 35.5. The fourth-order valence-electron chi connectivity index (χ4n) is 4.35. The smallest absolute Gasteiger partial charge is 0.258 e. The molecule has 0 unspecified atom stereocenters. The van der Waals surface area contributed by atoms with Crippen molar-refractivity contribution in [1.29, 1.82) is 0 Å². The molecule has 0 fully saturated rings.